The highest BCUT2D eigenvalue weighted by Crippen LogP contribution is 2.29. The van der Waals surface area contributed by atoms with Gasteiger partial charge in [0, 0.05) is 18.7 Å². The van der Waals surface area contributed by atoms with Crippen LogP contribution in [0.15, 0.2) is 12.1 Å². The Kier molecular flexibility index (Phi) is 5.62. The maximum Gasteiger partial charge on any atom is 0.167 e. The molecule has 0 amide bonds. The molecule has 0 radical (unpaired) electrons. The number of nitrogens with one attached hydrogen (secondary N) is 1. The lowest BCUT2D eigenvalue weighted by atomic mass is 9.97. The maximum atomic E-state index is 13.7. The third-order valence-corrected chi connectivity index (χ3v) is 3.39. The Bertz CT molecular complexity index is 446. The largest absolute Gasteiger partial charge is 0.488 e. The number of hydrogen-bond donors (Lipinski definition) is 3. The molecule has 114 valence electrons. The van der Waals surface area contributed by atoms with Crippen molar-refractivity contribution in [3.63, 3.8) is 0 Å². The number of ether oxygens (including phenoxy) is 1. The van der Waals surface area contributed by atoms with Crippen LogP contribution in [0.1, 0.15) is 40.5 Å². The van der Waals surface area contributed by atoms with Crippen LogP contribution in [0.2, 0.25) is 0 Å². The molecule has 0 spiro atoms. The average molecular weight is 284 g/mol. The van der Waals surface area contributed by atoms with Crippen molar-refractivity contribution in [3.05, 3.63) is 17.9 Å². The number of hydrogen-bond acceptors (Lipinski definition) is 4. The van der Waals surface area contributed by atoms with Crippen molar-refractivity contribution in [2.45, 2.75) is 52.2 Å². The number of aliphatic hydroxyl groups is 1. The lowest BCUT2D eigenvalue weighted by Gasteiger charge is -2.26. The summed E-state index contributed by atoms with van der Waals surface area (Å²) >= 11 is 0. The van der Waals surface area contributed by atoms with Crippen LogP contribution in [0, 0.1) is 5.82 Å². The molecule has 0 aromatic heterocycles. The standard InChI is InChI=1S/C15H25FN2O2/c1-5-15(19,6-2)9-18-13-8-14(20-10(3)4)11(16)7-12(13)17/h7-8,10,18-19H,5-6,9,17H2,1-4H3. The van der Waals surface area contributed by atoms with Gasteiger partial charge in [0.1, 0.15) is 0 Å². The van der Waals surface area contributed by atoms with Crippen LogP contribution >= 0.6 is 0 Å². The van der Waals surface area contributed by atoms with E-state index in [0.717, 1.165) is 0 Å². The first kappa shape index (κ1) is 16.6. The van der Waals surface area contributed by atoms with Gasteiger partial charge in [-0.25, -0.2) is 4.39 Å². The summed E-state index contributed by atoms with van der Waals surface area (Å²) in [6.07, 6.45) is 1.14. The van der Waals surface area contributed by atoms with Gasteiger partial charge in [0.2, 0.25) is 0 Å². The maximum absolute atomic E-state index is 13.7. The number of anilines is 2. The van der Waals surface area contributed by atoms with Gasteiger partial charge in [-0.3, -0.25) is 0 Å². The predicted molar refractivity (Wildman–Crippen MR) is 80.6 cm³/mol. The fourth-order valence-corrected chi connectivity index (χ4v) is 1.83. The highest BCUT2D eigenvalue weighted by atomic mass is 19.1. The first-order valence-electron chi connectivity index (χ1n) is 7.03. The molecular weight excluding hydrogens is 259 g/mol. The number of halogens is 1. The predicted octanol–water partition coefficient (Wildman–Crippen LogP) is 3.16. The van der Waals surface area contributed by atoms with Crippen molar-refractivity contribution in [1.29, 1.82) is 0 Å². The Morgan fingerprint density at radius 2 is 1.95 bits per heavy atom. The molecule has 0 saturated heterocycles. The molecule has 0 aliphatic carbocycles. The normalized spacial score (nSPS) is 11.8. The average Bonchev–Trinajstić information content (AvgIpc) is 2.39. The third kappa shape index (κ3) is 4.27. The fraction of sp³-hybridized carbons (Fsp3) is 0.600. The van der Waals surface area contributed by atoms with Gasteiger partial charge in [-0.2, -0.15) is 0 Å². The molecular formula is C15H25FN2O2. The highest BCUT2D eigenvalue weighted by Gasteiger charge is 2.22. The second kappa shape index (κ2) is 6.79. The molecule has 0 unspecified atom stereocenters. The first-order chi connectivity index (χ1) is 9.31. The fourth-order valence-electron chi connectivity index (χ4n) is 1.83. The molecule has 4 nitrogen and oxygen atoms in total. The second-order valence-corrected chi connectivity index (χ2v) is 5.32. The Morgan fingerprint density at radius 3 is 2.45 bits per heavy atom. The molecule has 0 aliphatic heterocycles. The van der Waals surface area contributed by atoms with E-state index in [1.54, 1.807) is 0 Å². The zero-order chi connectivity index (χ0) is 15.3. The van der Waals surface area contributed by atoms with Crippen LogP contribution in [0.5, 0.6) is 5.75 Å². The van der Waals surface area contributed by atoms with E-state index < -0.39 is 11.4 Å². The number of rotatable bonds is 7. The third-order valence-electron chi connectivity index (χ3n) is 3.39. The van der Waals surface area contributed by atoms with Crippen molar-refractivity contribution in [2.75, 3.05) is 17.6 Å². The molecule has 4 N–H and O–H groups in total. The second-order valence-electron chi connectivity index (χ2n) is 5.32. The Morgan fingerprint density at radius 1 is 1.35 bits per heavy atom. The SMILES string of the molecule is CCC(O)(CC)CNc1cc(OC(C)C)c(F)cc1N. The summed E-state index contributed by atoms with van der Waals surface area (Å²) < 4.78 is 19.1. The van der Waals surface area contributed by atoms with E-state index in [4.69, 9.17) is 10.5 Å². The van der Waals surface area contributed by atoms with Crippen molar-refractivity contribution in [3.8, 4) is 5.75 Å². The van der Waals surface area contributed by atoms with E-state index >= 15 is 0 Å². The van der Waals surface area contributed by atoms with Crippen LogP contribution < -0.4 is 15.8 Å². The summed E-state index contributed by atoms with van der Waals surface area (Å²) in [5.74, 6) is -0.323. The summed E-state index contributed by atoms with van der Waals surface area (Å²) in [4.78, 5) is 0. The summed E-state index contributed by atoms with van der Waals surface area (Å²) in [7, 11) is 0. The quantitative estimate of drug-likeness (QED) is 0.673. The van der Waals surface area contributed by atoms with Crippen molar-refractivity contribution in [2.24, 2.45) is 0 Å². The summed E-state index contributed by atoms with van der Waals surface area (Å²) in [6, 6.07) is 2.77. The Hall–Kier alpha value is -1.49. The lowest BCUT2D eigenvalue weighted by molar-refractivity contribution is 0.0457. The smallest absolute Gasteiger partial charge is 0.167 e. The van der Waals surface area contributed by atoms with Gasteiger partial charge in [0.25, 0.3) is 0 Å². The molecule has 1 aromatic carbocycles. The minimum absolute atomic E-state index is 0.121. The van der Waals surface area contributed by atoms with Crippen molar-refractivity contribution in [1.82, 2.24) is 0 Å². The van der Waals surface area contributed by atoms with Gasteiger partial charge in [0.15, 0.2) is 11.6 Å². The summed E-state index contributed by atoms with van der Waals surface area (Å²) in [6.45, 7) is 7.86. The topological polar surface area (TPSA) is 67.5 Å². The molecule has 0 aliphatic rings. The Labute approximate surface area is 120 Å². The first-order valence-corrected chi connectivity index (χ1v) is 7.03. The minimum atomic E-state index is -0.792. The van der Waals surface area contributed by atoms with Gasteiger partial charge in [-0.15, -0.1) is 0 Å². The van der Waals surface area contributed by atoms with Gasteiger partial charge in [-0.05, 0) is 26.7 Å². The summed E-state index contributed by atoms with van der Waals surface area (Å²) in [5, 5.41) is 13.3. The van der Waals surface area contributed by atoms with Gasteiger partial charge < -0.3 is 20.9 Å². The van der Waals surface area contributed by atoms with Gasteiger partial charge >= 0.3 is 0 Å². The monoisotopic (exact) mass is 284 g/mol. The van der Waals surface area contributed by atoms with Crippen LogP contribution in [-0.4, -0.2) is 23.4 Å². The van der Waals surface area contributed by atoms with E-state index in [0.29, 0.717) is 30.8 Å². The van der Waals surface area contributed by atoms with Gasteiger partial charge in [0.05, 0.1) is 23.1 Å². The summed E-state index contributed by atoms with van der Waals surface area (Å²) in [5.41, 5.74) is 5.87. The minimum Gasteiger partial charge on any atom is -0.488 e. The molecule has 1 aromatic rings. The van der Waals surface area contributed by atoms with Crippen molar-refractivity contribution >= 4 is 11.4 Å². The molecule has 0 fully saturated rings. The van der Waals surface area contributed by atoms with E-state index in [-0.39, 0.29) is 11.9 Å². The van der Waals surface area contributed by atoms with Crippen LogP contribution in [0.25, 0.3) is 0 Å². The number of nitrogens with two attached hydrogens (primary N) is 1. The van der Waals surface area contributed by atoms with E-state index in [2.05, 4.69) is 5.32 Å². The number of nitrogen functional groups attached to an aromatic ring is 1. The van der Waals surface area contributed by atoms with Gasteiger partial charge in [-0.1, -0.05) is 13.8 Å². The van der Waals surface area contributed by atoms with Crippen LogP contribution in [-0.2, 0) is 0 Å². The van der Waals surface area contributed by atoms with E-state index in [9.17, 15) is 9.50 Å². The van der Waals surface area contributed by atoms with E-state index in [1.165, 1.54) is 12.1 Å². The van der Waals surface area contributed by atoms with Crippen LogP contribution in [0.3, 0.4) is 0 Å². The van der Waals surface area contributed by atoms with Crippen molar-refractivity contribution < 1.29 is 14.2 Å². The molecule has 0 heterocycles. The number of benzene rings is 1. The Balaban J connectivity index is 2.89. The lowest BCUT2D eigenvalue weighted by Crippen LogP contribution is -2.35. The molecule has 0 bridgehead atoms. The zero-order valence-electron chi connectivity index (χ0n) is 12.7. The molecule has 0 atom stereocenters. The molecule has 0 saturated carbocycles. The molecule has 1 rings (SSSR count). The van der Waals surface area contributed by atoms with Crippen LogP contribution in [0.4, 0.5) is 15.8 Å². The zero-order valence-corrected chi connectivity index (χ0v) is 12.7. The molecule has 20 heavy (non-hydrogen) atoms. The van der Waals surface area contributed by atoms with E-state index in [1.807, 2.05) is 27.7 Å². The highest BCUT2D eigenvalue weighted by molar-refractivity contribution is 5.68. The molecule has 5 heteroatoms.